The summed E-state index contributed by atoms with van der Waals surface area (Å²) in [5, 5.41) is 9.01. The van der Waals surface area contributed by atoms with Crippen molar-refractivity contribution in [1.29, 1.82) is 0 Å². The van der Waals surface area contributed by atoms with E-state index in [1.165, 1.54) is 17.8 Å². The van der Waals surface area contributed by atoms with Crippen molar-refractivity contribution in [2.45, 2.75) is 49.1 Å². The number of anilines is 1. The Balaban J connectivity index is 1.47. The molecule has 0 radical (unpaired) electrons. The molecule has 2 aliphatic heterocycles. The van der Waals surface area contributed by atoms with Gasteiger partial charge in [0.1, 0.15) is 10.1 Å². The number of hydrogen-bond acceptors (Lipinski definition) is 9. The quantitative estimate of drug-likeness (QED) is 0.327. The second-order valence-electron chi connectivity index (χ2n) is 9.51. The third kappa shape index (κ3) is 4.62. The fraction of sp³-hybridized carbons (Fsp3) is 0.346. The minimum absolute atomic E-state index is 0.0409. The van der Waals surface area contributed by atoms with E-state index >= 15 is 0 Å². The first-order valence-electron chi connectivity index (χ1n) is 12.3. The van der Waals surface area contributed by atoms with Crippen LogP contribution in [0.4, 0.5) is 10.6 Å². The van der Waals surface area contributed by atoms with Crippen molar-refractivity contribution >= 4 is 33.6 Å². The number of hydrogen-bond donors (Lipinski definition) is 1. The Labute approximate surface area is 224 Å². The summed E-state index contributed by atoms with van der Waals surface area (Å²) in [7, 11) is -4.04. The van der Waals surface area contributed by atoms with E-state index in [0.717, 1.165) is 4.90 Å². The van der Waals surface area contributed by atoms with E-state index in [1.807, 2.05) is 36.4 Å². The lowest BCUT2D eigenvalue weighted by atomic mass is 9.95. The number of nitrogens with zero attached hydrogens (tertiary/aromatic N) is 4. The summed E-state index contributed by atoms with van der Waals surface area (Å²) in [6.07, 6.45) is -0.452. The van der Waals surface area contributed by atoms with Crippen LogP contribution < -0.4 is 5.32 Å². The molecular formula is C26H27N5O7S. The van der Waals surface area contributed by atoms with Gasteiger partial charge in [-0.3, -0.25) is 10.1 Å². The van der Waals surface area contributed by atoms with E-state index in [9.17, 15) is 22.8 Å². The Hall–Kier alpha value is -4.26. The average molecular weight is 554 g/mol. The molecule has 204 valence electrons. The summed E-state index contributed by atoms with van der Waals surface area (Å²) in [6.45, 7) is 2.89. The van der Waals surface area contributed by atoms with Gasteiger partial charge in [-0.15, -0.1) is 5.10 Å². The molecule has 0 saturated carbocycles. The molecule has 2 fully saturated rings. The van der Waals surface area contributed by atoms with Crippen molar-refractivity contribution in [1.82, 2.24) is 19.9 Å². The number of β-lactam (4-membered cyclic amide) rings is 1. The zero-order chi connectivity index (χ0) is 27.8. The second kappa shape index (κ2) is 10.1. The zero-order valence-electron chi connectivity index (χ0n) is 21.3. The van der Waals surface area contributed by atoms with Crippen LogP contribution in [0.15, 0.2) is 66.9 Å². The third-order valence-electron chi connectivity index (χ3n) is 6.99. The van der Waals surface area contributed by atoms with Gasteiger partial charge in [0.15, 0.2) is 27.8 Å². The molecule has 2 amide bonds. The highest BCUT2D eigenvalue weighted by Crippen LogP contribution is 2.47. The number of fused-ring (bicyclic) bond motifs is 1. The molecule has 1 N–H and O–H groups in total. The third-order valence-corrected chi connectivity index (χ3v) is 9.76. The maximum Gasteiger partial charge on any atom is 0.412 e. The fourth-order valence-corrected chi connectivity index (χ4v) is 7.42. The molecule has 3 aromatic rings. The Morgan fingerprint density at radius 3 is 2.28 bits per heavy atom. The van der Waals surface area contributed by atoms with E-state index in [-0.39, 0.29) is 25.4 Å². The van der Waals surface area contributed by atoms with Crippen molar-refractivity contribution in [3.05, 3.63) is 78.0 Å². The molecule has 0 spiro atoms. The van der Waals surface area contributed by atoms with Gasteiger partial charge in [-0.2, -0.15) is 0 Å². The van der Waals surface area contributed by atoms with Crippen LogP contribution >= 0.6 is 0 Å². The van der Waals surface area contributed by atoms with Crippen molar-refractivity contribution in [2.75, 3.05) is 11.9 Å². The number of benzene rings is 2. The van der Waals surface area contributed by atoms with Crippen LogP contribution in [-0.4, -0.2) is 69.1 Å². The van der Waals surface area contributed by atoms with Crippen LogP contribution in [0.5, 0.6) is 0 Å². The van der Waals surface area contributed by atoms with Gasteiger partial charge in [0.2, 0.25) is 5.91 Å². The Kier molecular flexibility index (Phi) is 6.85. The van der Waals surface area contributed by atoms with Crippen molar-refractivity contribution in [3.8, 4) is 0 Å². The smallest absolute Gasteiger partial charge is 0.412 e. The van der Waals surface area contributed by atoms with Crippen LogP contribution in [0.2, 0.25) is 0 Å². The molecule has 0 bridgehead atoms. The molecule has 5 rings (SSSR count). The number of aromatic nitrogens is 3. The number of esters is 1. The van der Waals surface area contributed by atoms with Crippen molar-refractivity contribution in [2.24, 2.45) is 0 Å². The standard InChI is InChI=1S/C26H27N5O7S/c1-3-37-25(34)27-19-15-30(29-28-19)16-26(2)23(31-20(32)14-21(31)39(26,35)36)24(33)38-22(17-10-6-4-7-11-17)18-12-8-5-9-13-18/h4-13,15,21-23H,3,14,16H2,1-2H3,(H,27,34)/t21-,23+,26+/m1/s1. The minimum Gasteiger partial charge on any atom is -0.451 e. The molecule has 3 heterocycles. The molecule has 13 heteroatoms. The molecule has 39 heavy (non-hydrogen) atoms. The lowest BCUT2D eigenvalue weighted by molar-refractivity contribution is -0.164. The largest absolute Gasteiger partial charge is 0.451 e. The summed E-state index contributed by atoms with van der Waals surface area (Å²) in [5.74, 6) is -1.26. The van der Waals surface area contributed by atoms with Crippen LogP contribution in [0.25, 0.3) is 0 Å². The molecule has 12 nitrogen and oxygen atoms in total. The average Bonchev–Trinajstić information content (AvgIpc) is 3.40. The SMILES string of the molecule is CCOC(=O)Nc1cn(C[C@@]2(C)[C@H](C(=O)OC(c3ccccc3)c3ccccc3)N3C(=O)C[C@H]3S2(=O)=O)nn1. The molecule has 0 aliphatic carbocycles. The molecule has 0 unspecified atom stereocenters. The fourth-order valence-electron chi connectivity index (χ4n) is 5.06. The van der Waals surface area contributed by atoms with Crippen molar-refractivity contribution in [3.63, 3.8) is 0 Å². The van der Waals surface area contributed by atoms with Gasteiger partial charge in [0.25, 0.3) is 0 Å². The summed E-state index contributed by atoms with van der Waals surface area (Å²) >= 11 is 0. The normalized spacial score (nSPS) is 23.2. The van der Waals surface area contributed by atoms with E-state index in [0.29, 0.717) is 11.1 Å². The summed E-state index contributed by atoms with van der Waals surface area (Å²) in [4.78, 5) is 39.3. The minimum atomic E-state index is -4.04. The number of sulfone groups is 1. The topological polar surface area (TPSA) is 150 Å². The molecular weight excluding hydrogens is 526 g/mol. The van der Waals surface area contributed by atoms with Gasteiger partial charge in [-0.25, -0.2) is 22.7 Å². The lowest BCUT2D eigenvalue weighted by Gasteiger charge is -2.37. The van der Waals surface area contributed by atoms with Gasteiger partial charge in [0, 0.05) is 0 Å². The van der Waals surface area contributed by atoms with Crippen molar-refractivity contribution < 1.29 is 32.3 Å². The first kappa shape index (κ1) is 26.4. The van der Waals surface area contributed by atoms with Gasteiger partial charge in [-0.05, 0) is 25.0 Å². The lowest BCUT2D eigenvalue weighted by Crippen LogP contribution is -2.58. The molecule has 2 aromatic carbocycles. The highest BCUT2D eigenvalue weighted by atomic mass is 32.2. The van der Waals surface area contributed by atoms with Gasteiger partial charge >= 0.3 is 12.1 Å². The molecule has 3 atom stereocenters. The maximum absolute atomic E-state index is 13.9. The number of rotatable bonds is 8. The van der Waals surface area contributed by atoms with Crippen LogP contribution in [0.3, 0.4) is 0 Å². The van der Waals surface area contributed by atoms with Crippen LogP contribution in [0.1, 0.15) is 37.5 Å². The van der Waals surface area contributed by atoms with E-state index < -0.39 is 50.1 Å². The van der Waals surface area contributed by atoms with E-state index in [2.05, 4.69) is 15.6 Å². The Morgan fingerprint density at radius 2 is 1.72 bits per heavy atom. The maximum atomic E-state index is 13.9. The summed E-state index contributed by atoms with van der Waals surface area (Å²) in [6, 6.07) is 16.7. The second-order valence-corrected chi connectivity index (χ2v) is 12.1. The Bertz CT molecular complexity index is 1460. The summed E-state index contributed by atoms with van der Waals surface area (Å²) < 4.78 is 37.6. The van der Waals surface area contributed by atoms with Crippen LogP contribution in [0, 0.1) is 0 Å². The van der Waals surface area contributed by atoms with Gasteiger partial charge in [0.05, 0.1) is 25.8 Å². The number of ether oxygens (including phenoxy) is 2. The monoisotopic (exact) mass is 553 g/mol. The van der Waals surface area contributed by atoms with Crippen LogP contribution in [-0.2, 0) is 35.4 Å². The summed E-state index contributed by atoms with van der Waals surface area (Å²) in [5.41, 5.74) is 1.38. The number of amides is 2. The zero-order valence-corrected chi connectivity index (χ0v) is 22.1. The Morgan fingerprint density at radius 1 is 1.10 bits per heavy atom. The first-order chi connectivity index (χ1) is 18.7. The van der Waals surface area contributed by atoms with Gasteiger partial charge in [-0.1, -0.05) is 65.9 Å². The first-order valence-corrected chi connectivity index (χ1v) is 13.9. The number of nitrogens with one attached hydrogen (secondary N) is 1. The predicted octanol–water partition coefficient (Wildman–Crippen LogP) is 2.29. The molecule has 2 aliphatic rings. The molecule has 2 saturated heterocycles. The number of carbonyl (C=O) groups excluding carboxylic acids is 3. The van der Waals surface area contributed by atoms with E-state index in [1.54, 1.807) is 31.2 Å². The number of carbonyl (C=O) groups is 3. The van der Waals surface area contributed by atoms with Gasteiger partial charge < -0.3 is 14.4 Å². The highest BCUT2D eigenvalue weighted by Gasteiger charge is 2.70. The molecule has 1 aromatic heterocycles. The predicted molar refractivity (Wildman–Crippen MR) is 138 cm³/mol. The highest BCUT2D eigenvalue weighted by molar-refractivity contribution is 7.93. The van der Waals surface area contributed by atoms with E-state index in [4.69, 9.17) is 9.47 Å².